The van der Waals surface area contributed by atoms with Gasteiger partial charge in [-0.1, -0.05) is 18.2 Å². The van der Waals surface area contributed by atoms with Gasteiger partial charge in [-0.3, -0.25) is 4.79 Å². The lowest BCUT2D eigenvalue weighted by molar-refractivity contribution is 0.0357. The number of nitrogens with one attached hydrogen (secondary N) is 2. The lowest BCUT2D eigenvalue weighted by Crippen LogP contribution is -2.61. The first-order valence-electron chi connectivity index (χ1n) is 7.68. The van der Waals surface area contributed by atoms with E-state index in [1.54, 1.807) is 4.90 Å². The number of carbonyl (C=O) groups excluding carboxylic acids is 2. The molecule has 0 spiro atoms. The van der Waals surface area contributed by atoms with Crippen molar-refractivity contribution in [2.24, 2.45) is 0 Å². The second-order valence-corrected chi connectivity index (χ2v) is 6.82. The SMILES string of the molecule is CC(C)(C)OC(=O)NC1CN(C(=O)c2cc3ccccc3[nH]2)C1. The van der Waals surface area contributed by atoms with Crippen LogP contribution in [0.15, 0.2) is 30.3 Å². The molecule has 1 saturated heterocycles. The highest BCUT2D eigenvalue weighted by Crippen LogP contribution is 2.19. The number of ether oxygens (including phenoxy) is 1. The molecule has 1 aliphatic rings. The second kappa shape index (κ2) is 5.61. The van der Waals surface area contributed by atoms with Crippen LogP contribution in [0.4, 0.5) is 4.79 Å². The fourth-order valence-electron chi connectivity index (χ4n) is 2.57. The lowest BCUT2D eigenvalue weighted by Gasteiger charge is -2.39. The lowest BCUT2D eigenvalue weighted by atomic mass is 10.1. The van der Waals surface area contributed by atoms with Crippen LogP contribution >= 0.6 is 0 Å². The monoisotopic (exact) mass is 315 g/mol. The molecule has 2 N–H and O–H groups in total. The highest BCUT2D eigenvalue weighted by atomic mass is 16.6. The number of amides is 2. The third-order valence-electron chi connectivity index (χ3n) is 3.65. The molecule has 0 atom stereocenters. The molecule has 1 fully saturated rings. The quantitative estimate of drug-likeness (QED) is 0.894. The minimum Gasteiger partial charge on any atom is -0.444 e. The molecule has 0 unspecified atom stereocenters. The Balaban J connectivity index is 1.54. The number of rotatable bonds is 2. The van der Waals surface area contributed by atoms with Crippen molar-refractivity contribution in [3.63, 3.8) is 0 Å². The van der Waals surface area contributed by atoms with Crippen molar-refractivity contribution in [1.29, 1.82) is 0 Å². The van der Waals surface area contributed by atoms with Crippen molar-refractivity contribution < 1.29 is 14.3 Å². The normalized spacial score (nSPS) is 15.3. The molecule has 2 heterocycles. The van der Waals surface area contributed by atoms with Gasteiger partial charge in [-0.2, -0.15) is 0 Å². The molecule has 0 saturated carbocycles. The van der Waals surface area contributed by atoms with Gasteiger partial charge in [-0.15, -0.1) is 0 Å². The Morgan fingerprint density at radius 3 is 2.61 bits per heavy atom. The molecule has 122 valence electrons. The van der Waals surface area contributed by atoms with E-state index in [4.69, 9.17) is 4.74 Å². The first-order valence-corrected chi connectivity index (χ1v) is 7.68. The van der Waals surface area contributed by atoms with Crippen LogP contribution in [0.3, 0.4) is 0 Å². The average Bonchev–Trinajstić information content (AvgIpc) is 2.83. The van der Waals surface area contributed by atoms with Crippen molar-refractivity contribution in [3.8, 4) is 0 Å². The largest absolute Gasteiger partial charge is 0.444 e. The van der Waals surface area contributed by atoms with Crippen LogP contribution in [0.25, 0.3) is 10.9 Å². The van der Waals surface area contributed by atoms with Crippen LogP contribution < -0.4 is 5.32 Å². The summed E-state index contributed by atoms with van der Waals surface area (Å²) in [4.78, 5) is 28.9. The molecule has 1 aromatic heterocycles. The summed E-state index contributed by atoms with van der Waals surface area (Å²) in [6.07, 6.45) is -0.444. The topological polar surface area (TPSA) is 74.4 Å². The van der Waals surface area contributed by atoms with E-state index < -0.39 is 11.7 Å². The Morgan fingerprint density at radius 2 is 1.96 bits per heavy atom. The predicted octanol–water partition coefficient (Wildman–Crippen LogP) is 2.52. The van der Waals surface area contributed by atoms with Crippen LogP contribution in [-0.2, 0) is 4.74 Å². The van der Waals surface area contributed by atoms with Crippen LogP contribution in [0, 0.1) is 0 Å². The molecule has 1 aliphatic heterocycles. The van der Waals surface area contributed by atoms with Crippen molar-refractivity contribution >= 4 is 22.9 Å². The number of aromatic amines is 1. The number of fused-ring (bicyclic) bond motifs is 1. The van der Waals surface area contributed by atoms with E-state index in [2.05, 4.69) is 10.3 Å². The zero-order valence-electron chi connectivity index (χ0n) is 13.6. The molecule has 6 heteroatoms. The minimum atomic E-state index is -0.520. The number of likely N-dealkylation sites (tertiary alicyclic amines) is 1. The van der Waals surface area contributed by atoms with Gasteiger partial charge in [0.1, 0.15) is 11.3 Å². The van der Waals surface area contributed by atoms with Gasteiger partial charge in [0.15, 0.2) is 0 Å². The van der Waals surface area contributed by atoms with Crippen LogP contribution in [0.5, 0.6) is 0 Å². The Bertz CT molecular complexity index is 706. The van der Waals surface area contributed by atoms with Crippen molar-refractivity contribution in [3.05, 3.63) is 36.0 Å². The number of benzene rings is 1. The summed E-state index contributed by atoms with van der Waals surface area (Å²) in [5.41, 5.74) is 0.995. The average molecular weight is 315 g/mol. The van der Waals surface area contributed by atoms with Gasteiger partial charge in [0, 0.05) is 24.0 Å². The number of hydrogen-bond acceptors (Lipinski definition) is 3. The molecule has 0 aliphatic carbocycles. The van der Waals surface area contributed by atoms with E-state index in [9.17, 15) is 9.59 Å². The Labute approximate surface area is 134 Å². The zero-order valence-corrected chi connectivity index (χ0v) is 13.6. The summed E-state index contributed by atoms with van der Waals surface area (Å²) in [5, 5.41) is 3.78. The summed E-state index contributed by atoms with van der Waals surface area (Å²) in [7, 11) is 0. The van der Waals surface area contributed by atoms with Gasteiger partial charge >= 0.3 is 6.09 Å². The highest BCUT2D eigenvalue weighted by Gasteiger charge is 2.33. The molecular formula is C17H21N3O3. The summed E-state index contributed by atoms with van der Waals surface area (Å²) >= 11 is 0. The summed E-state index contributed by atoms with van der Waals surface area (Å²) in [5.74, 6) is -0.0524. The zero-order chi connectivity index (χ0) is 16.6. The fourth-order valence-corrected chi connectivity index (χ4v) is 2.57. The van der Waals surface area contributed by atoms with Crippen molar-refractivity contribution in [2.45, 2.75) is 32.4 Å². The number of alkyl carbamates (subject to hydrolysis) is 1. The first-order chi connectivity index (χ1) is 10.8. The molecule has 0 radical (unpaired) electrons. The molecule has 3 rings (SSSR count). The Hall–Kier alpha value is -2.50. The summed E-state index contributed by atoms with van der Waals surface area (Å²) in [6.45, 7) is 6.44. The third-order valence-corrected chi connectivity index (χ3v) is 3.65. The second-order valence-electron chi connectivity index (χ2n) is 6.82. The van der Waals surface area contributed by atoms with E-state index in [0.717, 1.165) is 10.9 Å². The van der Waals surface area contributed by atoms with Crippen LogP contribution in [0.2, 0.25) is 0 Å². The van der Waals surface area contributed by atoms with Crippen LogP contribution in [0.1, 0.15) is 31.3 Å². The standard InChI is InChI=1S/C17H21N3O3/c1-17(2,3)23-16(22)18-12-9-20(10-12)15(21)14-8-11-6-4-5-7-13(11)19-14/h4-8,12,19H,9-10H2,1-3H3,(H,18,22). The van der Waals surface area contributed by atoms with Gasteiger partial charge in [0.25, 0.3) is 5.91 Å². The minimum absolute atomic E-state index is 0.0524. The van der Waals surface area contributed by atoms with E-state index in [1.807, 2.05) is 51.1 Å². The van der Waals surface area contributed by atoms with E-state index in [0.29, 0.717) is 18.8 Å². The van der Waals surface area contributed by atoms with E-state index in [-0.39, 0.29) is 11.9 Å². The van der Waals surface area contributed by atoms with Gasteiger partial charge in [-0.05, 0) is 32.9 Å². The maximum atomic E-state index is 12.4. The van der Waals surface area contributed by atoms with Gasteiger partial charge in [0.2, 0.25) is 0 Å². The van der Waals surface area contributed by atoms with Gasteiger partial charge < -0.3 is 19.9 Å². The molecule has 2 amide bonds. The van der Waals surface area contributed by atoms with Gasteiger partial charge in [-0.25, -0.2) is 4.79 Å². The molecule has 1 aromatic carbocycles. The van der Waals surface area contributed by atoms with Crippen LogP contribution in [-0.4, -0.2) is 46.6 Å². The van der Waals surface area contributed by atoms with E-state index >= 15 is 0 Å². The maximum Gasteiger partial charge on any atom is 0.407 e. The highest BCUT2D eigenvalue weighted by molar-refractivity contribution is 5.98. The summed E-state index contributed by atoms with van der Waals surface area (Å²) < 4.78 is 5.20. The van der Waals surface area contributed by atoms with E-state index in [1.165, 1.54) is 0 Å². The number of nitrogens with zero attached hydrogens (tertiary/aromatic N) is 1. The van der Waals surface area contributed by atoms with Crippen molar-refractivity contribution in [2.75, 3.05) is 13.1 Å². The predicted molar refractivity (Wildman–Crippen MR) is 87.4 cm³/mol. The molecule has 2 aromatic rings. The van der Waals surface area contributed by atoms with Gasteiger partial charge in [0.05, 0.1) is 6.04 Å². The number of para-hydroxylation sites is 1. The maximum absolute atomic E-state index is 12.4. The number of carbonyl (C=O) groups is 2. The number of aromatic nitrogens is 1. The molecule has 0 bridgehead atoms. The Kier molecular flexibility index (Phi) is 3.75. The molecule has 6 nitrogen and oxygen atoms in total. The number of hydrogen-bond donors (Lipinski definition) is 2. The smallest absolute Gasteiger partial charge is 0.407 e. The number of H-pyrrole nitrogens is 1. The molecular weight excluding hydrogens is 294 g/mol. The summed E-state index contributed by atoms with van der Waals surface area (Å²) in [6, 6.07) is 9.57. The Morgan fingerprint density at radius 1 is 1.26 bits per heavy atom. The van der Waals surface area contributed by atoms with Crippen molar-refractivity contribution in [1.82, 2.24) is 15.2 Å². The fraction of sp³-hybridized carbons (Fsp3) is 0.412. The molecule has 23 heavy (non-hydrogen) atoms. The first kappa shape index (κ1) is 15.4. The third kappa shape index (κ3) is 3.47.